The van der Waals surface area contributed by atoms with Crippen molar-refractivity contribution in [3.05, 3.63) is 0 Å². The summed E-state index contributed by atoms with van der Waals surface area (Å²) in [7, 11) is 0. The molecule has 7 heteroatoms. The lowest BCUT2D eigenvalue weighted by molar-refractivity contribution is -0.147. The molecule has 23 heavy (non-hydrogen) atoms. The summed E-state index contributed by atoms with van der Waals surface area (Å²) in [6, 6.07) is 0. The first-order valence-electron chi connectivity index (χ1n) is 8.28. The van der Waals surface area contributed by atoms with Crippen molar-refractivity contribution in [2.45, 2.75) is 52.4 Å². The molecule has 1 rings (SSSR count). The normalized spacial score (nSPS) is 18.8. The van der Waals surface area contributed by atoms with Crippen LogP contribution in [0, 0.1) is 5.92 Å². The Kier molecular flexibility index (Phi) is 12.1. The number of carbonyl (C=O) groups is 1. The van der Waals surface area contributed by atoms with Gasteiger partial charge in [-0.3, -0.25) is 9.79 Å². The molecule has 0 radical (unpaired) electrons. The maximum absolute atomic E-state index is 11.6. The molecule has 5 nitrogen and oxygen atoms in total. The predicted octanol–water partition coefficient (Wildman–Crippen LogP) is 2.99. The van der Waals surface area contributed by atoms with Crippen LogP contribution < -0.4 is 5.32 Å². The van der Waals surface area contributed by atoms with E-state index < -0.39 is 0 Å². The Morgan fingerprint density at radius 3 is 2.65 bits per heavy atom. The minimum absolute atomic E-state index is 0. The van der Waals surface area contributed by atoms with Crippen LogP contribution in [0.4, 0.5) is 0 Å². The standard InChI is InChI=1S/C16H31N3O2S.HI/c1-6-17-16(18-8-7-15(20)21-13(4)5)19-9-10-22-14(11-19)12(2)3;/h12-14H,6-11H2,1-5H3,(H,17,18);1H. The van der Waals surface area contributed by atoms with Gasteiger partial charge in [-0.25, -0.2) is 0 Å². The average molecular weight is 457 g/mol. The van der Waals surface area contributed by atoms with Crippen molar-refractivity contribution in [2.75, 3.05) is 31.9 Å². The molecule has 1 aliphatic rings. The number of nitrogens with zero attached hydrogens (tertiary/aromatic N) is 2. The molecular formula is C16H32IN3O2S. The van der Waals surface area contributed by atoms with Crippen LogP contribution in [-0.4, -0.2) is 60.1 Å². The Hall–Kier alpha value is -0.180. The number of esters is 1. The fraction of sp³-hybridized carbons (Fsp3) is 0.875. The Balaban J connectivity index is 0.00000484. The maximum Gasteiger partial charge on any atom is 0.307 e. The molecule has 1 atom stereocenters. The van der Waals surface area contributed by atoms with Crippen LogP contribution in [-0.2, 0) is 9.53 Å². The van der Waals surface area contributed by atoms with Gasteiger partial charge in [-0.05, 0) is 26.7 Å². The molecule has 0 aromatic carbocycles. The summed E-state index contributed by atoms with van der Waals surface area (Å²) < 4.78 is 5.14. The van der Waals surface area contributed by atoms with E-state index >= 15 is 0 Å². The van der Waals surface area contributed by atoms with Crippen LogP contribution in [0.3, 0.4) is 0 Å². The average Bonchev–Trinajstić information content (AvgIpc) is 2.45. The van der Waals surface area contributed by atoms with E-state index in [2.05, 4.69) is 36.0 Å². The second-order valence-electron chi connectivity index (χ2n) is 6.12. The summed E-state index contributed by atoms with van der Waals surface area (Å²) in [5.74, 6) is 2.54. The number of guanidine groups is 1. The van der Waals surface area contributed by atoms with Crippen LogP contribution in [0.15, 0.2) is 4.99 Å². The third kappa shape index (κ3) is 9.02. The molecular weight excluding hydrogens is 425 g/mol. The number of thioether (sulfide) groups is 1. The van der Waals surface area contributed by atoms with Gasteiger partial charge in [0, 0.05) is 30.6 Å². The summed E-state index contributed by atoms with van der Waals surface area (Å²) >= 11 is 2.05. The monoisotopic (exact) mass is 457 g/mol. The number of hydrogen-bond donors (Lipinski definition) is 1. The Morgan fingerprint density at radius 1 is 1.39 bits per heavy atom. The highest BCUT2D eigenvalue weighted by atomic mass is 127. The largest absolute Gasteiger partial charge is 0.463 e. The smallest absolute Gasteiger partial charge is 0.307 e. The lowest BCUT2D eigenvalue weighted by Crippen LogP contribution is -2.49. The summed E-state index contributed by atoms with van der Waals surface area (Å²) in [6.45, 7) is 13.7. The van der Waals surface area contributed by atoms with E-state index in [4.69, 9.17) is 4.74 Å². The molecule has 136 valence electrons. The SMILES string of the molecule is CCNC(=NCCC(=O)OC(C)C)N1CCSC(C(C)C)C1.I. The van der Waals surface area contributed by atoms with Gasteiger partial charge in [-0.1, -0.05) is 13.8 Å². The molecule has 0 spiro atoms. The van der Waals surface area contributed by atoms with Gasteiger partial charge in [-0.2, -0.15) is 11.8 Å². The number of hydrogen-bond acceptors (Lipinski definition) is 4. The fourth-order valence-electron chi connectivity index (χ4n) is 2.27. The van der Waals surface area contributed by atoms with Crippen molar-refractivity contribution < 1.29 is 9.53 Å². The minimum atomic E-state index is -0.177. The molecule has 1 saturated heterocycles. The first-order chi connectivity index (χ1) is 10.4. The fourth-order valence-corrected chi connectivity index (χ4v) is 3.57. The predicted molar refractivity (Wildman–Crippen MR) is 110 cm³/mol. The molecule has 0 aromatic rings. The number of rotatable bonds is 6. The van der Waals surface area contributed by atoms with E-state index in [-0.39, 0.29) is 36.0 Å². The van der Waals surface area contributed by atoms with Crippen molar-refractivity contribution in [3.63, 3.8) is 0 Å². The third-order valence-electron chi connectivity index (χ3n) is 3.42. The summed E-state index contributed by atoms with van der Waals surface area (Å²) in [6.07, 6.45) is 0.277. The molecule has 0 saturated carbocycles. The highest BCUT2D eigenvalue weighted by molar-refractivity contribution is 14.0. The topological polar surface area (TPSA) is 53.9 Å². The number of nitrogens with one attached hydrogen (secondary N) is 1. The minimum Gasteiger partial charge on any atom is -0.463 e. The zero-order valence-electron chi connectivity index (χ0n) is 15.0. The van der Waals surface area contributed by atoms with Gasteiger partial charge in [0.2, 0.25) is 0 Å². The molecule has 1 aliphatic heterocycles. The first kappa shape index (κ1) is 22.8. The Labute approximate surface area is 162 Å². The molecule has 0 aliphatic carbocycles. The van der Waals surface area contributed by atoms with E-state index in [0.717, 1.165) is 31.3 Å². The number of halogens is 1. The molecule has 0 aromatic heterocycles. The zero-order valence-corrected chi connectivity index (χ0v) is 18.1. The Morgan fingerprint density at radius 2 is 2.09 bits per heavy atom. The zero-order chi connectivity index (χ0) is 16.5. The van der Waals surface area contributed by atoms with Crippen LogP contribution in [0.1, 0.15) is 41.0 Å². The highest BCUT2D eigenvalue weighted by Gasteiger charge is 2.24. The Bertz CT molecular complexity index is 378. The van der Waals surface area contributed by atoms with Crippen LogP contribution in [0.25, 0.3) is 0 Å². The molecule has 1 N–H and O–H groups in total. The molecule has 1 heterocycles. The van der Waals surface area contributed by atoms with Crippen LogP contribution >= 0.6 is 35.7 Å². The van der Waals surface area contributed by atoms with Gasteiger partial charge in [0.25, 0.3) is 0 Å². The van der Waals surface area contributed by atoms with Crippen molar-refractivity contribution in [3.8, 4) is 0 Å². The van der Waals surface area contributed by atoms with Gasteiger partial charge in [0.15, 0.2) is 5.96 Å². The van der Waals surface area contributed by atoms with E-state index in [0.29, 0.717) is 24.1 Å². The van der Waals surface area contributed by atoms with E-state index in [1.807, 2.05) is 25.6 Å². The molecule has 0 amide bonds. The van der Waals surface area contributed by atoms with E-state index in [1.54, 1.807) is 0 Å². The van der Waals surface area contributed by atoms with Gasteiger partial charge < -0.3 is 15.0 Å². The van der Waals surface area contributed by atoms with Gasteiger partial charge in [-0.15, -0.1) is 24.0 Å². The van der Waals surface area contributed by atoms with Crippen molar-refractivity contribution in [1.82, 2.24) is 10.2 Å². The van der Waals surface area contributed by atoms with E-state index in [1.165, 1.54) is 0 Å². The maximum atomic E-state index is 11.6. The summed E-state index contributed by atoms with van der Waals surface area (Å²) in [4.78, 5) is 18.5. The van der Waals surface area contributed by atoms with Gasteiger partial charge in [0.05, 0.1) is 19.1 Å². The van der Waals surface area contributed by atoms with Crippen LogP contribution in [0.5, 0.6) is 0 Å². The quantitative estimate of drug-likeness (QED) is 0.288. The van der Waals surface area contributed by atoms with Crippen LogP contribution in [0.2, 0.25) is 0 Å². The first-order valence-corrected chi connectivity index (χ1v) is 9.33. The third-order valence-corrected chi connectivity index (χ3v) is 4.96. The van der Waals surface area contributed by atoms with Crippen molar-refractivity contribution in [1.29, 1.82) is 0 Å². The second kappa shape index (κ2) is 12.2. The summed E-state index contributed by atoms with van der Waals surface area (Å²) in [5, 5.41) is 3.98. The second-order valence-corrected chi connectivity index (χ2v) is 7.47. The lowest BCUT2D eigenvalue weighted by Gasteiger charge is -2.36. The van der Waals surface area contributed by atoms with Crippen molar-refractivity contribution in [2.24, 2.45) is 10.9 Å². The summed E-state index contributed by atoms with van der Waals surface area (Å²) in [5.41, 5.74) is 0. The number of ether oxygens (including phenoxy) is 1. The molecule has 1 fully saturated rings. The van der Waals surface area contributed by atoms with E-state index in [9.17, 15) is 4.79 Å². The highest BCUT2D eigenvalue weighted by Crippen LogP contribution is 2.24. The molecule has 0 bridgehead atoms. The van der Waals surface area contributed by atoms with Gasteiger partial charge in [0.1, 0.15) is 0 Å². The number of aliphatic imine (C=N–C) groups is 1. The number of carbonyl (C=O) groups excluding carboxylic acids is 1. The lowest BCUT2D eigenvalue weighted by atomic mass is 10.1. The van der Waals surface area contributed by atoms with Crippen molar-refractivity contribution >= 4 is 47.7 Å². The molecule has 1 unspecified atom stereocenters. The van der Waals surface area contributed by atoms with Gasteiger partial charge >= 0.3 is 5.97 Å².